The van der Waals surface area contributed by atoms with Gasteiger partial charge in [-0.2, -0.15) is 0 Å². The number of nitrogens with zero attached hydrogens (tertiary/aromatic N) is 3. The molecule has 1 N–H and O–H groups in total. The number of rotatable bonds is 7. The second-order valence-electron chi connectivity index (χ2n) is 8.91. The van der Waals surface area contributed by atoms with E-state index in [1.165, 1.54) is 18.1 Å². The number of furan rings is 1. The summed E-state index contributed by atoms with van der Waals surface area (Å²) in [5.41, 5.74) is 2.73. The first-order chi connectivity index (χ1) is 17.8. The molecular weight excluding hydrogens is 494 g/mol. The zero-order valence-electron chi connectivity index (χ0n) is 20.4. The van der Waals surface area contributed by atoms with Gasteiger partial charge >= 0.3 is 0 Å². The van der Waals surface area contributed by atoms with Crippen molar-refractivity contribution in [1.29, 1.82) is 0 Å². The zero-order valence-corrected chi connectivity index (χ0v) is 21.2. The molecule has 1 aliphatic rings. The topological polar surface area (TPSA) is 96.1 Å². The number of pyridine rings is 1. The van der Waals surface area contributed by atoms with Gasteiger partial charge in [0.1, 0.15) is 0 Å². The summed E-state index contributed by atoms with van der Waals surface area (Å²) in [4.78, 5) is 34.6. The summed E-state index contributed by atoms with van der Waals surface area (Å²) in [7, 11) is 5.32. The Labute approximate surface area is 218 Å². The number of carbonyl (C=O) groups excluding carboxylic acids is 2. The van der Waals surface area contributed by atoms with E-state index in [4.69, 9.17) is 20.8 Å². The van der Waals surface area contributed by atoms with Gasteiger partial charge in [-0.05, 0) is 47.5 Å². The number of fused-ring (bicyclic) bond motifs is 1. The Balaban J connectivity index is 1.61. The van der Waals surface area contributed by atoms with Crippen LogP contribution in [0.15, 0.2) is 82.7 Å². The number of anilines is 1. The minimum absolute atomic E-state index is 0.0365. The molecule has 3 heterocycles. The Morgan fingerprint density at radius 2 is 1.84 bits per heavy atom. The number of methoxy groups -OCH3 is 1. The number of amides is 1. The third kappa shape index (κ3) is 4.40. The van der Waals surface area contributed by atoms with Gasteiger partial charge in [-0.15, -0.1) is 0 Å². The molecule has 0 radical (unpaired) electrons. The van der Waals surface area contributed by atoms with Gasteiger partial charge in [-0.3, -0.25) is 14.6 Å². The van der Waals surface area contributed by atoms with Gasteiger partial charge in [-0.25, -0.2) is 0 Å². The van der Waals surface area contributed by atoms with Gasteiger partial charge in [0.15, 0.2) is 22.9 Å². The smallest absolute Gasteiger partial charge is 0.290 e. The highest BCUT2D eigenvalue weighted by Gasteiger charge is 2.44. The van der Waals surface area contributed by atoms with Gasteiger partial charge in [-0.1, -0.05) is 23.7 Å². The van der Waals surface area contributed by atoms with E-state index in [1.807, 2.05) is 43.3 Å². The highest BCUT2D eigenvalue weighted by Crippen LogP contribution is 2.41. The number of aliphatic hydroxyl groups excluding tert-OH is 1. The number of hydrogen-bond donors (Lipinski definition) is 1. The third-order valence-electron chi connectivity index (χ3n) is 6.37. The Morgan fingerprint density at radius 1 is 1.14 bits per heavy atom. The lowest BCUT2D eigenvalue weighted by atomic mass is 9.94. The molecule has 1 unspecified atom stereocenters. The van der Waals surface area contributed by atoms with Crippen LogP contribution in [0.25, 0.3) is 11.0 Å². The zero-order chi connectivity index (χ0) is 26.3. The molecule has 2 aromatic carbocycles. The predicted octanol–water partition coefficient (Wildman–Crippen LogP) is 5.33. The number of hydrogen-bond acceptors (Lipinski definition) is 7. The quantitative estimate of drug-likeness (QED) is 0.331. The Hall–Kier alpha value is -4.30. The molecule has 0 spiro atoms. The average molecular weight is 518 g/mol. The van der Waals surface area contributed by atoms with Crippen LogP contribution in [-0.4, -0.2) is 47.9 Å². The Kier molecular flexibility index (Phi) is 6.35. The molecule has 1 aliphatic heterocycles. The fraction of sp³-hybridized carbons (Fsp3) is 0.179. The molecule has 0 saturated heterocycles. The monoisotopic (exact) mass is 517 g/mol. The van der Waals surface area contributed by atoms with Crippen LogP contribution in [0.5, 0.6) is 5.75 Å². The maximum atomic E-state index is 13.8. The molecule has 0 bridgehead atoms. The van der Waals surface area contributed by atoms with Gasteiger partial charge < -0.3 is 24.1 Å². The lowest BCUT2D eigenvalue weighted by molar-refractivity contribution is -0.130. The second kappa shape index (κ2) is 9.63. The molecule has 1 amide bonds. The largest absolute Gasteiger partial charge is 0.503 e. The average Bonchev–Trinajstić information content (AvgIpc) is 3.43. The van der Waals surface area contributed by atoms with Crippen LogP contribution in [0.4, 0.5) is 5.69 Å². The molecule has 0 fully saturated rings. The lowest BCUT2D eigenvalue weighted by Gasteiger charge is -2.27. The number of halogens is 1. The number of ether oxygens (including phenoxy) is 1. The Bertz CT molecular complexity index is 1530. The Morgan fingerprint density at radius 3 is 2.49 bits per heavy atom. The van der Waals surface area contributed by atoms with E-state index in [2.05, 4.69) is 4.98 Å². The SMILES string of the molecule is COc1cc(Cl)cc2cc(C(=O)C3=C(O)C(=O)N(Cc4ccncc4)C3c3ccc(N(C)C)cc3)oc12. The molecule has 4 aromatic rings. The van der Waals surface area contributed by atoms with Crippen molar-refractivity contribution >= 4 is 39.9 Å². The van der Waals surface area contributed by atoms with Crippen LogP contribution in [0, 0.1) is 0 Å². The van der Waals surface area contributed by atoms with Crippen molar-refractivity contribution in [2.45, 2.75) is 12.6 Å². The summed E-state index contributed by atoms with van der Waals surface area (Å²) < 4.78 is 11.2. The number of Topliss-reactive ketones (excluding diaryl/α,β-unsaturated/α-hetero) is 1. The van der Waals surface area contributed by atoms with Crippen LogP contribution in [0.3, 0.4) is 0 Å². The first-order valence-corrected chi connectivity index (χ1v) is 11.9. The number of carbonyl (C=O) groups is 2. The molecule has 8 nitrogen and oxygen atoms in total. The third-order valence-corrected chi connectivity index (χ3v) is 6.58. The number of benzene rings is 2. The molecule has 9 heteroatoms. The van der Waals surface area contributed by atoms with Crippen molar-refractivity contribution in [3.63, 3.8) is 0 Å². The van der Waals surface area contributed by atoms with Crippen molar-refractivity contribution in [2.24, 2.45) is 0 Å². The van der Waals surface area contributed by atoms with E-state index in [9.17, 15) is 14.7 Å². The summed E-state index contributed by atoms with van der Waals surface area (Å²) in [5.74, 6) is -1.51. The van der Waals surface area contributed by atoms with Crippen LogP contribution in [0.1, 0.15) is 27.7 Å². The fourth-order valence-corrected chi connectivity index (χ4v) is 4.73. The first-order valence-electron chi connectivity index (χ1n) is 11.5. The minimum Gasteiger partial charge on any atom is -0.503 e. The van der Waals surface area contributed by atoms with Crippen LogP contribution in [0.2, 0.25) is 5.02 Å². The van der Waals surface area contributed by atoms with Crippen molar-refractivity contribution in [1.82, 2.24) is 9.88 Å². The van der Waals surface area contributed by atoms with Gasteiger partial charge in [0.05, 0.1) is 18.7 Å². The number of aromatic nitrogens is 1. The maximum absolute atomic E-state index is 13.8. The normalized spacial score (nSPS) is 15.5. The summed E-state index contributed by atoms with van der Waals surface area (Å²) in [6.45, 7) is 0.172. The second-order valence-corrected chi connectivity index (χ2v) is 9.34. The van der Waals surface area contributed by atoms with Crippen molar-refractivity contribution in [3.8, 4) is 5.75 Å². The van der Waals surface area contributed by atoms with Crippen LogP contribution < -0.4 is 9.64 Å². The molecule has 2 aromatic heterocycles. The predicted molar refractivity (Wildman–Crippen MR) is 140 cm³/mol. The van der Waals surface area contributed by atoms with E-state index in [0.29, 0.717) is 27.3 Å². The van der Waals surface area contributed by atoms with E-state index in [-0.39, 0.29) is 17.9 Å². The molecule has 5 rings (SSSR count). The summed E-state index contributed by atoms with van der Waals surface area (Å²) in [6.07, 6.45) is 3.26. The summed E-state index contributed by atoms with van der Waals surface area (Å²) in [6, 6.07) is 15.0. The van der Waals surface area contributed by atoms with E-state index in [0.717, 1.165) is 11.3 Å². The van der Waals surface area contributed by atoms with Gasteiger partial charge in [0, 0.05) is 55.2 Å². The first kappa shape index (κ1) is 24.4. The maximum Gasteiger partial charge on any atom is 0.290 e. The molecular formula is C28H24ClN3O5. The highest BCUT2D eigenvalue weighted by molar-refractivity contribution is 6.31. The van der Waals surface area contributed by atoms with Crippen molar-refractivity contribution < 1.29 is 23.8 Å². The van der Waals surface area contributed by atoms with E-state index >= 15 is 0 Å². The summed E-state index contributed by atoms with van der Waals surface area (Å²) >= 11 is 6.18. The standard InChI is InChI=1S/C28H24ClN3O5/c1-31(2)20-6-4-17(5-7-20)24-23(26(34)28(35)32(24)15-16-8-10-30-11-9-16)25(33)21-13-18-12-19(29)14-22(36-3)27(18)37-21/h4-14,24,34H,15H2,1-3H3. The number of ketones is 1. The lowest BCUT2D eigenvalue weighted by Crippen LogP contribution is -2.30. The van der Waals surface area contributed by atoms with Crippen LogP contribution in [-0.2, 0) is 11.3 Å². The minimum atomic E-state index is -0.830. The van der Waals surface area contributed by atoms with Crippen LogP contribution >= 0.6 is 11.6 Å². The number of aliphatic hydroxyl groups is 1. The molecule has 0 aliphatic carbocycles. The molecule has 1 atom stereocenters. The van der Waals surface area contributed by atoms with Crippen molar-refractivity contribution in [3.05, 3.63) is 100 Å². The molecule has 188 valence electrons. The fourth-order valence-electron chi connectivity index (χ4n) is 4.52. The van der Waals surface area contributed by atoms with Crippen molar-refractivity contribution in [2.75, 3.05) is 26.1 Å². The van der Waals surface area contributed by atoms with Gasteiger partial charge in [0.2, 0.25) is 5.78 Å². The molecule has 0 saturated carbocycles. The van der Waals surface area contributed by atoms with E-state index in [1.54, 1.807) is 36.7 Å². The van der Waals surface area contributed by atoms with Gasteiger partial charge in [0.25, 0.3) is 5.91 Å². The van der Waals surface area contributed by atoms with E-state index < -0.39 is 23.5 Å². The molecule has 37 heavy (non-hydrogen) atoms. The summed E-state index contributed by atoms with van der Waals surface area (Å²) in [5, 5.41) is 12.0. The highest BCUT2D eigenvalue weighted by atomic mass is 35.5.